The summed E-state index contributed by atoms with van der Waals surface area (Å²) in [7, 11) is 0. The second-order valence-corrected chi connectivity index (χ2v) is 6.85. The number of aryl methyl sites for hydroxylation is 1. The van der Waals surface area contributed by atoms with Gasteiger partial charge in [-0.3, -0.25) is 4.90 Å². The van der Waals surface area contributed by atoms with Gasteiger partial charge in [0.05, 0.1) is 0 Å². The third-order valence-electron chi connectivity index (χ3n) is 4.87. The summed E-state index contributed by atoms with van der Waals surface area (Å²) in [5.74, 6) is 0. The number of hydrogen-bond donors (Lipinski definition) is 1. The van der Waals surface area contributed by atoms with Gasteiger partial charge < -0.3 is 5.73 Å². The highest BCUT2D eigenvalue weighted by Crippen LogP contribution is 2.24. The summed E-state index contributed by atoms with van der Waals surface area (Å²) in [6.45, 7) is 9.19. The Labute approximate surface area is 124 Å². The van der Waals surface area contributed by atoms with E-state index in [1.54, 1.807) is 0 Å². The highest BCUT2D eigenvalue weighted by Gasteiger charge is 2.33. The third kappa shape index (κ3) is 3.83. The number of hydrogen-bond acceptors (Lipinski definition) is 2. The smallest absolute Gasteiger partial charge is 0.0307 e. The number of nitrogens with two attached hydrogens (primary N) is 1. The lowest BCUT2D eigenvalue weighted by atomic mass is 9.87. The summed E-state index contributed by atoms with van der Waals surface area (Å²) in [6.07, 6.45) is 6.35. The minimum absolute atomic E-state index is 0.0775. The summed E-state index contributed by atoms with van der Waals surface area (Å²) < 4.78 is 0. The molecule has 1 aromatic carbocycles. The fourth-order valence-corrected chi connectivity index (χ4v) is 3.22. The van der Waals surface area contributed by atoms with Crippen molar-refractivity contribution in [1.29, 1.82) is 0 Å². The van der Waals surface area contributed by atoms with E-state index >= 15 is 0 Å². The average molecular weight is 274 g/mol. The third-order valence-corrected chi connectivity index (χ3v) is 4.87. The zero-order chi connectivity index (χ0) is 14.6. The topological polar surface area (TPSA) is 29.3 Å². The Morgan fingerprint density at radius 2 is 1.80 bits per heavy atom. The molecule has 0 aliphatic carbocycles. The molecular formula is C18H30N2. The molecule has 112 valence electrons. The van der Waals surface area contributed by atoms with Gasteiger partial charge in [0.1, 0.15) is 0 Å². The van der Waals surface area contributed by atoms with E-state index in [0.717, 1.165) is 6.42 Å². The van der Waals surface area contributed by atoms with Crippen LogP contribution >= 0.6 is 0 Å². The second kappa shape index (κ2) is 6.73. The Morgan fingerprint density at radius 3 is 2.40 bits per heavy atom. The van der Waals surface area contributed by atoms with Crippen LogP contribution in [0.4, 0.5) is 0 Å². The Hall–Kier alpha value is -0.860. The van der Waals surface area contributed by atoms with Crippen LogP contribution in [-0.2, 0) is 6.42 Å². The molecule has 20 heavy (non-hydrogen) atoms. The van der Waals surface area contributed by atoms with Gasteiger partial charge in [-0.2, -0.15) is 0 Å². The molecule has 1 fully saturated rings. The summed E-state index contributed by atoms with van der Waals surface area (Å²) >= 11 is 0. The minimum Gasteiger partial charge on any atom is -0.326 e. The van der Waals surface area contributed by atoms with Crippen LogP contribution in [0.2, 0.25) is 0 Å². The van der Waals surface area contributed by atoms with Gasteiger partial charge >= 0.3 is 0 Å². The quantitative estimate of drug-likeness (QED) is 0.910. The summed E-state index contributed by atoms with van der Waals surface area (Å²) in [5, 5.41) is 0. The van der Waals surface area contributed by atoms with Gasteiger partial charge in [0.15, 0.2) is 0 Å². The Kier molecular flexibility index (Phi) is 5.22. The van der Waals surface area contributed by atoms with Crippen molar-refractivity contribution >= 4 is 0 Å². The number of nitrogens with zero attached hydrogens (tertiary/aromatic N) is 1. The second-order valence-electron chi connectivity index (χ2n) is 6.85. The molecule has 0 bridgehead atoms. The zero-order valence-corrected chi connectivity index (χ0v) is 13.4. The molecule has 0 amide bonds. The van der Waals surface area contributed by atoms with Crippen molar-refractivity contribution in [3.63, 3.8) is 0 Å². The van der Waals surface area contributed by atoms with Gasteiger partial charge in [0.25, 0.3) is 0 Å². The molecule has 1 atom stereocenters. The molecule has 1 unspecified atom stereocenters. The van der Waals surface area contributed by atoms with E-state index < -0.39 is 0 Å². The van der Waals surface area contributed by atoms with E-state index in [1.807, 2.05) is 0 Å². The summed E-state index contributed by atoms with van der Waals surface area (Å²) in [5.41, 5.74) is 9.33. The maximum atomic E-state index is 6.57. The van der Waals surface area contributed by atoms with Crippen molar-refractivity contribution in [2.45, 2.75) is 64.5 Å². The number of likely N-dealkylation sites (tertiary alicyclic amines) is 1. The molecule has 0 radical (unpaired) electrons. The zero-order valence-electron chi connectivity index (χ0n) is 13.4. The van der Waals surface area contributed by atoms with E-state index in [1.165, 1.54) is 49.9 Å². The van der Waals surface area contributed by atoms with Crippen LogP contribution < -0.4 is 5.73 Å². The van der Waals surface area contributed by atoms with E-state index in [2.05, 4.69) is 49.9 Å². The first-order valence-electron chi connectivity index (χ1n) is 8.06. The highest BCUT2D eigenvalue weighted by atomic mass is 15.2. The van der Waals surface area contributed by atoms with Gasteiger partial charge in [-0.1, -0.05) is 42.7 Å². The van der Waals surface area contributed by atoms with Crippen molar-refractivity contribution in [2.75, 3.05) is 13.1 Å². The van der Waals surface area contributed by atoms with E-state index in [9.17, 15) is 0 Å². The normalized spacial score (nSPS) is 19.6. The molecule has 0 spiro atoms. The predicted octanol–water partition coefficient (Wildman–Crippen LogP) is 3.52. The van der Waals surface area contributed by atoms with E-state index in [0.29, 0.717) is 0 Å². The maximum Gasteiger partial charge on any atom is 0.0307 e. The molecule has 2 heteroatoms. The molecule has 2 nitrogen and oxygen atoms in total. The van der Waals surface area contributed by atoms with Crippen LogP contribution in [-0.4, -0.2) is 29.6 Å². The molecular weight excluding hydrogens is 244 g/mol. The van der Waals surface area contributed by atoms with Crippen LogP contribution in [0.25, 0.3) is 0 Å². The summed E-state index contributed by atoms with van der Waals surface area (Å²) in [4.78, 5) is 2.61. The van der Waals surface area contributed by atoms with E-state index in [-0.39, 0.29) is 11.6 Å². The molecule has 0 aromatic heterocycles. The van der Waals surface area contributed by atoms with Gasteiger partial charge in [0.2, 0.25) is 0 Å². The van der Waals surface area contributed by atoms with Gasteiger partial charge in [-0.15, -0.1) is 0 Å². The van der Waals surface area contributed by atoms with Crippen molar-refractivity contribution < 1.29 is 0 Å². The Balaban J connectivity index is 2.03. The maximum absolute atomic E-state index is 6.57. The molecule has 2 rings (SSSR count). The monoisotopic (exact) mass is 274 g/mol. The van der Waals surface area contributed by atoms with Crippen molar-refractivity contribution in [2.24, 2.45) is 5.73 Å². The lowest BCUT2D eigenvalue weighted by molar-refractivity contribution is 0.0979. The van der Waals surface area contributed by atoms with Gasteiger partial charge in [-0.25, -0.2) is 0 Å². The van der Waals surface area contributed by atoms with Crippen molar-refractivity contribution in [1.82, 2.24) is 4.90 Å². The molecule has 1 aliphatic rings. The fraction of sp³-hybridized carbons (Fsp3) is 0.667. The number of rotatable bonds is 4. The predicted molar refractivity (Wildman–Crippen MR) is 87.0 cm³/mol. The lowest BCUT2D eigenvalue weighted by Gasteiger charge is -2.42. The molecule has 1 aliphatic heterocycles. The van der Waals surface area contributed by atoms with Gasteiger partial charge in [-0.05, 0) is 58.7 Å². The first kappa shape index (κ1) is 15.5. The minimum atomic E-state index is 0.0775. The molecule has 1 aromatic rings. The Morgan fingerprint density at radius 1 is 1.15 bits per heavy atom. The SMILES string of the molecule is Cc1cccc(CC(N)C(C)(C)N2CCCCCC2)c1. The standard InChI is InChI=1S/C18H30N2/c1-15-9-8-10-16(13-15)14-17(19)18(2,3)20-11-6-4-5-7-12-20/h8-10,13,17H,4-7,11-12,14,19H2,1-3H3. The molecule has 1 heterocycles. The van der Waals surface area contributed by atoms with Crippen LogP contribution in [0.15, 0.2) is 24.3 Å². The first-order valence-corrected chi connectivity index (χ1v) is 8.06. The summed E-state index contributed by atoms with van der Waals surface area (Å²) in [6, 6.07) is 8.93. The molecule has 0 saturated carbocycles. The van der Waals surface area contributed by atoms with Crippen LogP contribution in [0.3, 0.4) is 0 Å². The van der Waals surface area contributed by atoms with E-state index in [4.69, 9.17) is 5.73 Å². The fourth-order valence-electron chi connectivity index (χ4n) is 3.22. The van der Waals surface area contributed by atoms with Crippen LogP contribution in [0.1, 0.15) is 50.7 Å². The lowest BCUT2D eigenvalue weighted by Crippen LogP contribution is -2.57. The van der Waals surface area contributed by atoms with Gasteiger partial charge in [0, 0.05) is 11.6 Å². The average Bonchev–Trinajstić information content (AvgIpc) is 2.67. The molecule has 2 N–H and O–H groups in total. The molecule has 1 saturated heterocycles. The first-order chi connectivity index (χ1) is 9.50. The number of benzene rings is 1. The Bertz CT molecular complexity index is 417. The van der Waals surface area contributed by atoms with Crippen molar-refractivity contribution in [3.05, 3.63) is 35.4 Å². The van der Waals surface area contributed by atoms with Crippen LogP contribution in [0, 0.1) is 6.92 Å². The highest BCUT2D eigenvalue weighted by molar-refractivity contribution is 5.23. The van der Waals surface area contributed by atoms with Crippen molar-refractivity contribution in [3.8, 4) is 0 Å². The largest absolute Gasteiger partial charge is 0.326 e. The van der Waals surface area contributed by atoms with Crippen LogP contribution in [0.5, 0.6) is 0 Å².